The lowest BCUT2D eigenvalue weighted by atomic mass is 9.98. The molecule has 2 atom stereocenters. The second kappa shape index (κ2) is 12.9. The molecule has 0 bridgehead atoms. The van der Waals surface area contributed by atoms with E-state index in [1.807, 2.05) is 13.8 Å². The summed E-state index contributed by atoms with van der Waals surface area (Å²) in [6.45, 7) is 3.23. The molecule has 0 aliphatic carbocycles. The van der Waals surface area contributed by atoms with Gasteiger partial charge in [-0.15, -0.1) is 0 Å². The van der Waals surface area contributed by atoms with Crippen LogP contribution >= 0.6 is 0 Å². The molecule has 3 aromatic carbocycles. The van der Waals surface area contributed by atoms with Crippen LogP contribution in [-0.2, 0) is 23.0 Å². The van der Waals surface area contributed by atoms with Gasteiger partial charge in [-0.3, -0.25) is 4.90 Å². The fraction of sp³-hybridized carbons (Fsp3) is 0.321. The Morgan fingerprint density at radius 3 is 1.92 bits per heavy atom. The fourth-order valence-electron chi connectivity index (χ4n) is 4.19. The molecule has 10 heteroatoms. The Kier molecular flexibility index (Phi) is 9.96. The predicted molar refractivity (Wildman–Crippen MR) is 140 cm³/mol. The molecule has 1 amide bonds. The fourth-order valence-corrected chi connectivity index (χ4v) is 5.81. The minimum absolute atomic E-state index is 0.0205. The summed E-state index contributed by atoms with van der Waals surface area (Å²) in [7, 11) is -4.13. The molecule has 0 saturated heterocycles. The van der Waals surface area contributed by atoms with Crippen molar-refractivity contribution < 1.29 is 32.2 Å². The number of carbonyl (C=O) groups is 1. The molecule has 0 fully saturated rings. The number of rotatable bonds is 12. The van der Waals surface area contributed by atoms with Crippen molar-refractivity contribution >= 4 is 16.1 Å². The quantitative estimate of drug-likeness (QED) is 0.341. The molecule has 0 aliphatic heterocycles. The molecule has 0 heterocycles. The first-order chi connectivity index (χ1) is 18.0. The number of carboxylic acid groups (broad SMARTS) is 1. The van der Waals surface area contributed by atoms with Gasteiger partial charge in [0.15, 0.2) is 0 Å². The van der Waals surface area contributed by atoms with Gasteiger partial charge in [-0.2, -0.15) is 4.31 Å². The number of hydrogen-bond acceptors (Lipinski definition) is 4. The van der Waals surface area contributed by atoms with Crippen molar-refractivity contribution in [2.24, 2.45) is 5.92 Å². The van der Waals surface area contributed by atoms with E-state index in [1.165, 1.54) is 24.3 Å². The van der Waals surface area contributed by atoms with Crippen LogP contribution in [0.4, 0.5) is 13.6 Å². The van der Waals surface area contributed by atoms with E-state index in [2.05, 4.69) is 0 Å². The molecule has 0 spiro atoms. The first-order valence-electron chi connectivity index (χ1n) is 12.2. The van der Waals surface area contributed by atoms with E-state index >= 15 is 0 Å². The number of nitrogens with zero attached hydrogens (tertiary/aromatic N) is 2. The highest BCUT2D eigenvalue weighted by Crippen LogP contribution is 2.22. The minimum Gasteiger partial charge on any atom is -0.465 e. The topological polar surface area (TPSA) is 98.2 Å². The highest BCUT2D eigenvalue weighted by atomic mass is 32.2. The van der Waals surface area contributed by atoms with Gasteiger partial charge in [-0.05, 0) is 59.9 Å². The smallest absolute Gasteiger partial charge is 0.407 e. The van der Waals surface area contributed by atoms with Gasteiger partial charge < -0.3 is 10.2 Å². The average molecular weight is 547 g/mol. The van der Waals surface area contributed by atoms with Crippen molar-refractivity contribution in [3.63, 3.8) is 0 Å². The Hall–Kier alpha value is -3.34. The van der Waals surface area contributed by atoms with E-state index in [4.69, 9.17) is 0 Å². The number of halogens is 2. The number of aliphatic hydroxyl groups excluding tert-OH is 1. The summed E-state index contributed by atoms with van der Waals surface area (Å²) in [6.07, 6.45) is -2.71. The van der Waals surface area contributed by atoms with Crippen LogP contribution in [0.15, 0.2) is 83.8 Å². The summed E-state index contributed by atoms with van der Waals surface area (Å²) in [4.78, 5) is 13.3. The first kappa shape index (κ1) is 29.2. The van der Waals surface area contributed by atoms with Crippen LogP contribution in [0.25, 0.3) is 0 Å². The lowest BCUT2D eigenvalue weighted by molar-refractivity contribution is 0.0337. The monoisotopic (exact) mass is 546 g/mol. The van der Waals surface area contributed by atoms with E-state index in [1.54, 1.807) is 30.3 Å². The number of sulfonamides is 1. The average Bonchev–Trinajstić information content (AvgIpc) is 2.87. The van der Waals surface area contributed by atoms with Crippen LogP contribution in [0.1, 0.15) is 25.0 Å². The van der Waals surface area contributed by atoms with E-state index in [0.717, 1.165) is 33.5 Å². The lowest BCUT2D eigenvalue weighted by Gasteiger charge is -2.36. The zero-order valence-electron chi connectivity index (χ0n) is 21.2. The number of aliphatic hydroxyl groups is 1. The van der Waals surface area contributed by atoms with Gasteiger partial charge in [0, 0.05) is 19.6 Å². The number of benzene rings is 3. The molecule has 38 heavy (non-hydrogen) atoms. The predicted octanol–water partition coefficient (Wildman–Crippen LogP) is 4.76. The van der Waals surface area contributed by atoms with Crippen molar-refractivity contribution in [1.29, 1.82) is 0 Å². The largest absolute Gasteiger partial charge is 0.465 e. The Morgan fingerprint density at radius 1 is 0.842 bits per heavy atom. The summed E-state index contributed by atoms with van der Waals surface area (Å²) < 4.78 is 55.0. The van der Waals surface area contributed by atoms with Crippen LogP contribution in [-0.4, -0.2) is 59.2 Å². The summed E-state index contributed by atoms with van der Waals surface area (Å²) >= 11 is 0. The Labute approximate surface area is 222 Å². The van der Waals surface area contributed by atoms with Crippen molar-refractivity contribution in [2.45, 2.75) is 43.9 Å². The third-order valence-corrected chi connectivity index (χ3v) is 7.90. The van der Waals surface area contributed by atoms with Crippen LogP contribution in [0.2, 0.25) is 0 Å². The molecule has 3 aromatic rings. The van der Waals surface area contributed by atoms with Gasteiger partial charge in [0.25, 0.3) is 0 Å². The molecule has 0 aromatic heterocycles. The van der Waals surface area contributed by atoms with Crippen LogP contribution < -0.4 is 0 Å². The molecule has 0 radical (unpaired) electrons. The third-order valence-electron chi connectivity index (χ3n) is 6.05. The molecule has 0 unspecified atom stereocenters. The Balaban J connectivity index is 1.97. The zero-order chi connectivity index (χ0) is 27.9. The summed E-state index contributed by atoms with van der Waals surface area (Å²) in [6, 6.07) is 17.6. The van der Waals surface area contributed by atoms with Gasteiger partial charge in [0.2, 0.25) is 10.0 Å². The molecule has 0 aliphatic rings. The van der Waals surface area contributed by atoms with Crippen LogP contribution in [0.5, 0.6) is 0 Å². The van der Waals surface area contributed by atoms with Crippen LogP contribution in [0.3, 0.4) is 0 Å². The first-order valence-corrected chi connectivity index (χ1v) is 13.6. The molecule has 7 nitrogen and oxygen atoms in total. The maximum absolute atomic E-state index is 13.5. The van der Waals surface area contributed by atoms with Crippen molar-refractivity contribution in [3.8, 4) is 0 Å². The highest BCUT2D eigenvalue weighted by Gasteiger charge is 2.35. The van der Waals surface area contributed by atoms with E-state index in [-0.39, 0.29) is 30.3 Å². The molecular weight excluding hydrogens is 514 g/mol. The maximum Gasteiger partial charge on any atom is 0.407 e. The van der Waals surface area contributed by atoms with E-state index in [9.17, 15) is 32.2 Å². The van der Waals surface area contributed by atoms with Crippen molar-refractivity contribution in [2.75, 3.05) is 13.1 Å². The minimum atomic E-state index is -4.13. The van der Waals surface area contributed by atoms with Gasteiger partial charge in [0.05, 0.1) is 17.0 Å². The number of amides is 1. The molecule has 204 valence electrons. The Morgan fingerprint density at radius 2 is 1.39 bits per heavy atom. The van der Waals surface area contributed by atoms with Gasteiger partial charge in [-0.25, -0.2) is 22.0 Å². The van der Waals surface area contributed by atoms with Crippen molar-refractivity contribution in [1.82, 2.24) is 9.21 Å². The molecule has 2 N–H and O–H groups in total. The molecule has 0 saturated carbocycles. The normalized spacial score (nSPS) is 13.4. The van der Waals surface area contributed by atoms with Crippen molar-refractivity contribution in [3.05, 3.63) is 102 Å². The van der Waals surface area contributed by atoms with E-state index < -0.39 is 46.4 Å². The Bertz CT molecular complexity index is 1290. The summed E-state index contributed by atoms with van der Waals surface area (Å²) in [5.74, 6) is -1.16. The second-order valence-electron chi connectivity index (χ2n) is 9.53. The standard InChI is InChI=1S/C28H32F2N2O5S/c1-20(2)17-31(38(36,37)25-14-12-24(30)13-15-25)19-27(33)26(16-21-8-10-23(29)11-9-21)32(28(34)35)18-22-6-4-3-5-7-22/h3-15,20,26-27,33H,16-19H2,1-2H3,(H,34,35)/t26-,27+/m0/s1. The lowest BCUT2D eigenvalue weighted by Crippen LogP contribution is -2.52. The SMILES string of the molecule is CC(C)CN(C[C@@H](O)[C@H](Cc1ccc(F)cc1)N(Cc1ccccc1)C(=O)O)S(=O)(=O)c1ccc(F)cc1. The van der Waals surface area contributed by atoms with Gasteiger partial charge in [0.1, 0.15) is 11.6 Å². The van der Waals surface area contributed by atoms with Crippen LogP contribution in [0, 0.1) is 17.6 Å². The summed E-state index contributed by atoms with van der Waals surface area (Å²) in [5.41, 5.74) is 1.26. The molecule has 3 rings (SSSR count). The highest BCUT2D eigenvalue weighted by molar-refractivity contribution is 7.89. The van der Waals surface area contributed by atoms with Gasteiger partial charge in [-0.1, -0.05) is 56.3 Å². The number of hydrogen-bond donors (Lipinski definition) is 2. The third kappa shape index (κ3) is 7.83. The van der Waals surface area contributed by atoms with Gasteiger partial charge >= 0.3 is 6.09 Å². The second-order valence-corrected chi connectivity index (χ2v) is 11.5. The molecular formula is C28H32F2N2O5S. The zero-order valence-corrected chi connectivity index (χ0v) is 22.1. The summed E-state index contributed by atoms with van der Waals surface area (Å²) in [5, 5.41) is 21.5. The van der Waals surface area contributed by atoms with E-state index in [0.29, 0.717) is 11.1 Å². The maximum atomic E-state index is 13.5.